The minimum atomic E-state index is -3.16. The third kappa shape index (κ3) is 3.59. The molecule has 90 valence electrons. The first kappa shape index (κ1) is 13.2. The van der Waals surface area contributed by atoms with E-state index in [1.165, 1.54) is 4.31 Å². The van der Waals surface area contributed by atoms with Gasteiger partial charge in [-0.2, -0.15) is 0 Å². The molecule has 0 saturated carbocycles. The minimum absolute atomic E-state index is 0.0554. The van der Waals surface area contributed by atoms with Crippen LogP contribution in [0.25, 0.3) is 0 Å². The first-order chi connectivity index (χ1) is 7.45. The molecular formula is C11H18N2O2S. The number of nitrogens with zero attached hydrogens (tertiary/aromatic N) is 1. The molecule has 0 aliphatic carbocycles. The highest BCUT2D eigenvalue weighted by Gasteiger charge is 2.13. The van der Waals surface area contributed by atoms with Crippen molar-refractivity contribution in [2.75, 3.05) is 21.1 Å². The van der Waals surface area contributed by atoms with Crippen LogP contribution in [0.15, 0.2) is 24.3 Å². The van der Waals surface area contributed by atoms with Gasteiger partial charge in [-0.15, -0.1) is 0 Å². The summed E-state index contributed by atoms with van der Waals surface area (Å²) in [5, 5.41) is 3.04. The molecule has 0 atom stereocenters. The van der Waals surface area contributed by atoms with E-state index in [0.29, 0.717) is 0 Å². The van der Waals surface area contributed by atoms with Crippen molar-refractivity contribution < 1.29 is 8.42 Å². The smallest absolute Gasteiger partial charge is 0.217 e. The van der Waals surface area contributed by atoms with Gasteiger partial charge in [0.15, 0.2) is 0 Å². The van der Waals surface area contributed by atoms with Gasteiger partial charge in [-0.3, -0.25) is 0 Å². The number of nitrogens with one attached hydrogen (secondary N) is 1. The standard InChI is InChI=1S/C11H18N2O2S/c1-12-8-10-4-6-11(7-5-10)9-16(14,15)13(2)3/h4-7,12H,8-9H2,1-3H3. The largest absolute Gasteiger partial charge is 0.316 e. The zero-order valence-electron chi connectivity index (χ0n) is 9.90. The highest BCUT2D eigenvalue weighted by atomic mass is 32.2. The van der Waals surface area contributed by atoms with Gasteiger partial charge >= 0.3 is 0 Å². The van der Waals surface area contributed by atoms with Crippen LogP contribution < -0.4 is 5.32 Å². The summed E-state index contributed by atoms with van der Waals surface area (Å²) in [6, 6.07) is 7.59. The lowest BCUT2D eigenvalue weighted by atomic mass is 10.1. The predicted molar refractivity (Wildman–Crippen MR) is 65.5 cm³/mol. The Hall–Kier alpha value is -0.910. The fourth-order valence-corrected chi connectivity index (χ4v) is 2.17. The highest BCUT2D eigenvalue weighted by Crippen LogP contribution is 2.09. The van der Waals surface area contributed by atoms with E-state index in [4.69, 9.17) is 0 Å². The van der Waals surface area contributed by atoms with Gasteiger partial charge in [0.1, 0.15) is 0 Å². The Kier molecular flexibility index (Phi) is 4.46. The molecule has 0 heterocycles. The molecule has 0 saturated heterocycles. The van der Waals surface area contributed by atoms with Crippen molar-refractivity contribution in [1.29, 1.82) is 0 Å². The van der Waals surface area contributed by atoms with Gasteiger partial charge in [-0.05, 0) is 18.2 Å². The molecule has 0 bridgehead atoms. The topological polar surface area (TPSA) is 49.4 Å². The average molecular weight is 242 g/mol. The molecule has 1 N–H and O–H groups in total. The summed E-state index contributed by atoms with van der Waals surface area (Å²) in [5.74, 6) is 0.0554. The quantitative estimate of drug-likeness (QED) is 0.831. The molecule has 5 heteroatoms. The monoisotopic (exact) mass is 242 g/mol. The van der Waals surface area contributed by atoms with Gasteiger partial charge < -0.3 is 5.32 Å². The molecule has 0 aliphatic rings. The van der Waals surface area contributed by atoms with Crippen LogP contribution in [0.3, 0.4) is 0 Å². The van der Waals surface area contributed by atoms with Crippen molar-refractivity contribution in [3.63, 3.8) is 0 Å². The summed E-state index contributed by atoms with van der Waals surface area (Å²) in [4.78, 5) is 0. The van der Waals surface area contributed by atoms with Crippen molar-refractivity contribution in [3.05, 3.63) is 35.4 Å². The van der Waals surface area contributed by atoms with Crippen molar-refractivity contribution in [2.45, 2.75) is 12.3 Å². The third-order valence-electron chi connectivity index (χ3n) is 2.31. The molecule has 0 unspecified atom stereocenters. The van der Waals surface area contributed by atoms with Gasteiger partial charge in [0.05, 0.1) is 5.75 Å². The molecule has 0 radical (unpaired) electrons. The summed E-state index contributed by atoms with van der Waals surface area (Å²) < 4.78 is 24.5. The Morgan fingerprint density at radius 1 is 1.12 bits per heavy atom. The summed E-state index contributed by atoms with van der Waals surface area (Å²) in [5.41, 5.74) is 1.96. The van der Waals surface area contributed by atoms with Crippen molar-refractivity contribution in [2.24, 2.45) is 0 Å². The van der Waals surface area contributed by atoms with Crippen LogP contribution in [0.2, 0.25) is 0 Å². The van der Waals surface area contributed by atoms with Crippen LogP contribution in [0.1, 0.15) is 11.1 Å². The van der Waals surface area contributed by atoms with Crippen LogP contribution in [0, 0.1) is 0 Å². The molecule has 0 fully saturated rings. The average Bonchev–Trinajstić information content (AvgIpc) is 2.21. The third-order valence-corrected chi connectivity index (χ3v) is 4.12. The number of benzene rings is 1. The van der Waals surface area contributed by atoms with E-state index in [2.05, 4.69) is 5.32 Å². The molecule has 0 aliphatic heterocycles. The Morgan fingerprint density at radius 3 is 2.06 bits per heavy atom. The fourth-order valence-electron chi connectivity index (χ4n) is 1.30. The van der Waals surface area contributed by atoms with Gasteiger partial charge in [0.2, 0.25) is 10.0 Å². The Labute approximate surface area is 97.3 Å². The first-order valence-electron chi connectivity index (χ1n) is 5.08. The lowest BCUT2D eigenvalue weighted by Crippen LogP contribution is -2.23. The van der Waals surface area contributed by atoms with E-state index in [1.54, 1.807) is 14.1 Å². The highest BCUT2D eigenvalue weighted by molar-refractivity contribution is 7.88. The summed E-state index contributed by atoms with van der Waals surface area (Å²) in [7, 11) is 1.81. The van der Waals surface area contributed by atoms with Gasteiger partial charge in [-0.1, -0.05) is 24.3 Å². The number of hydrogen-bond donors (Lipinski definition) is 1. The molecule has 0 spiro atoms. The second kappa shape index (κ2) is 5.43. The zero-order valence-corrected chi connectivity index (χ0v) is 10.7. The van der Waals surface area contributed by atoms with Crippen molar-refractivity contribution in [1.82, 2.24) is 9.62 Å². The van der Waals surface area contributed by atoms with Crippen LogP contribution in [0.5, 0.6) is 0 Å². The first-order valence-corrected chi connectivity index (χ1v) is 6.69. The normalized spacial score (nSPS) is 12.0. The van der Waals surface area contributed by atoms with E-state index >= 15 is 0 Å². The van der Waals surface area contributed by atoms with Gasteiger partial charge in [-0.25, -0.2) is 12.7 Å². The Balaban J connectivity index is 2.76. The second-order valence-corrected chi connectivity index (χ2v) is 6.07. The molecule has 1 rings (SSSR count). The maximum Gasteiger partial charge on any atom is 0.217 e. The lowest BCUT2D eigenvalue weighted by Gasteiger charge is -2.11. The zero-order chi connectivity index (χ0) is 12.2. The number of sulfonamides is 1. The molecule has 0 amide bonds. The molecule has 0 aromatic heterocycles. The van der Waals surface area contributed by atoms with Crippen LogP contribution in [-0.2, 0) is 22.3 Å². The maximum atomic E-state index is 11.6. The van der Waals surface area contributed by atoms with Crippen molar-refractivity contribution in [3.8, 4) is 0 Å². The number of hydrogen-bond acceptors (Lipinski definition) is 3. The summed E-state index contributed by atoms with van der Waals surface area (Å²) in [6.45, 7) is 0.792. The van der Waals surface area contributed by atoms with Crippen LogP contribution in [0.4, 0.5) is 0 Å². The molecule has 16 heavy (non-hydrogen) atoms. The molecular weight excluding hydrogens is 224 g/mol. The fraction of sp³-hybridized carbons (Fsp3) is 0.455. The molecule has 1 aromatic carbocycles. The van der Waals surface area contributed by atoms with E-state index in [0.717, 1.165) is 17.7 Å². The van der Waals surface area contributed by atoms with E-state index in [1.807, 2.05) is 31.3 Å². The van der Waals surface area contributed by atoms with E-state index < -0.39 is 10.0 Å². The van der Waals surface area contributed by atoms with Gasteiger partial charge in [0.25, 0.3) is 0 Å². The Bertz CT molecular complexity index is 424. The van der Waals surface area contributed by atoms with Crippen LogP contribution >= 0.6 is 0 Å². The maximum absolute atomic E-state index is 11.6. The minimum Gasteiger partial charge on any atom is -0.316 e. The summed E-state index contributed by atoms with van der Waals surface area (Å²) >= 11 is 0. The molecule has 4 nitrogen and oxygen atoms in total. The van der Waals surface area contributed by atoms with Crippen molar-refractivity contribution >= 4 is 10.0 Å². The van der Waals surface area contributed by atoms with Crippen LogP contribution in [-0.4, -0.2) is 33.9 Å². The van der Waals surface area contributed by atoms with Gasteiger partial charge in [0, 0.05) is 20.6 Å². The number of rotatable bonds is 5. The summed E-state index contributed by atoms with van der Waals surface area (Å²) in [6.07, 6.45) is 0. The molecule has 1 aromatic rings. The predicted octanol–water partition coefficient (Wildman–Crippen LogP) is 0.797. The SMILES string of the molecule is CNCc1ccc(CS(=O)(=O)N(C)C)cc1. The lowest BCUT2D eigenvalue weighted by molar-refractivity contribution is 0.519. The second-order valence-electron chi connectivity index (χ2n) is 3.89. The van der Waals surface area contributed by atoms with E-state index in [-0.39, 0.29) is 5.75 Å². The van der Waals surface area contributed by atoms with E-state index in [9.17, 15) is 8.42 Å². The Morgan fingerprint density at radius 2 is 1.62 bits per heavy atom.